The van der Waals surface area contributed by atoms with E-state index in [1.54, 1.807) is 0 Å². The number of H-pyrrole nitrogens is 2. The van der Waals surface area contributed by atoms with Crippen molar-refractivity contribution in [3.05, 3.63) is 161 Å². The number of hydrogen-bond acceptors (Lipinski definition) is 5. The van der Waals surface area contributed by atoms with E-state index in [4.69, 9.17) is 24.2 Å². The molecule has 3 aromatic heterocycles. The van der Waals surface area contributed by atoms with E-state index >= 15 is 0 Å². The summed E-state index contributed by atoms with van der Waals surface area (Å²) in [5.41, 5.74) is 19.2. The molecule has 1 atom stereocenters. The summed E-state index contributed by atoms with van der Waals surface area (Å²) in [5, 5.41) is 0. The molecule has 10 rings (SSSR count). The first kappa shape index (κ1) is 37.5. The van der Waals surface area contributed by atoms with E-state index in [0.717, 1.165) is 95.1 Å². The van der Waals surface area contributed by atoms with Gasteiger partial charge >= 0.3 is 0 Å². The van der Waals surface area contributed by atoms with Crippen molar-refractivity contribution >= 4 is 46.4 Å². The van der Waals surface area contributed by atoms with Gasteiger partial charge in [-0.2, -0.15) is 0 Å². The fraction of sp³-hybridized carbons (Fsp3) is 0.170. The molecule has 7 nitrogen and oxygen atoms in total. The summed E-state index contributed by atoms with van der Waals surface area (Å²) in [5.74, 6) is 0.163. The molecule has 60 heavy (non-hydrogen) atoms. The Hall–Kier alpha value is -6.80. The molecule has 2 N–H and O–H groups in total. The number of ether oxygens (including phenoxy) is 3. The van der Waals surface area contributed by atoms with Gasteiger partial charge in [0.2, 0.25) is 0 Å². The summed E-state index contributed by atoms with van der Waals surface area (Å²) in [7, 11) is 0. The molecule has 0 amide bonds. The Kier molecular flexibility index (Phi) is 9.43. The van der Waals surface area contributed by atoms with Gasteiger partial charge in [-0.3, -0.25) is 0 Å². The number of aromatic amines is 2. The number of aryl methyl sites for hydroxylation is 3. The molecule has 0 spiro atoms. The molecule has 6 heterocycles. The van der Waals surface area contributed by atoms with Gasteiger partial charge in [0, 0.05) is 44.3 Å². The van der Waals surface area contributed by atoms with Crippen molar-refractivity contribution < 1.29 is 14.2 Å². The first-order valence-corrected chi connectivity index (χ1v) is 20.6. The number of nitrogens with one attached hydrogen (secondary N) is 2. The van der Waals surface area contributed by atoms with Gasteiger partial charge in [0.05, 0.1) is 29.4 Å². The molecule has 296 valence electrons. The smallest absolute Gasteiger partial charge is 0.163 e. The maximum atomic E-state index is 6.20. The fourth-order valence-electron chi connectivity index (χ4n) is 8.33. The van der Waals surface area contributed by atoms with Crippen LogP contribution in [0.1, 0.15) is 53.3 Å². The third kappa shape index (κ3) is 7.27. The highest BCUT2D eigenvalue weighted by atomic mass is 16.7. The third-order valence-electron chi connectivity index (χ3n) is 11.4. The van der Waals surface area contributed by atoms with E-state index < -0.39 is 5.79 Å². The Morgan fingerprint density at radius 1 is 0.500 bits per heavy atom. The number of aromatic nitrogens is 4. The van der Waals surface area contributed by atoms with Crippen LogP contribution in [-0.4, -0.2) is 45.0 Å². The zero-order chi connectivity index (χ0) is 41.0. The van der Waals surface area contributed by atoms with Crippen molar-refractivity contribution in [1.29, 1.82) is 0 Å². The van der Waals surface area contributed by atoms with E-state index in [9.17, 15) is 0 Å². The minimum absolute atomic E-state index is 0.125. The molecule has 0 aliphatic carbocycles. The molecule has 7 aromatic rings. The van der Waals surface area contributed by atoms with Crippen LogP contribution in [0.4, 0.5) is 0 Å². The predicted octanol–water partition coefficient (Wildman–Crippen LogP) is 12.8. The molecule has 3 aliphatic rings. The molecule has 4 aromatic carbocycles. The van der Waals surface area contributed by atoms with Crippen molar-refractivity contribution in [2.45, 2.75) is 46.5 Å². The Labute approximate surface area is 350 Å². The van der Waals surface area contributed by atoms with E-state index in [1.165, 1.54) is 16.7 Å². The maximum Gasteiger partial charge on any atom is 0.163 e. The van der Waals surface area contributed by atoms with Crippen LogP contribution in [0.3, 0.4) is 0 Å². The standard InChI is InChI=1S/C53H46N4O3/c1-32-6-12-35(13-7-32)49-41-22-24-43(54-41)50(36-14-8-33(2)9-15-36)45-26-28-47(56-45)52(38-18-20-39(21-19-38)58-30-40-31-59-53(4,5)60-40)48-29-27-46(57-48)51(44-25-23-42(49)55-44)37-16-10-34(3)11-17-37/h6-29,40,54,57H,30-31H2,1-5H3. The lowest BCUT2D eigenvalue weighted by Crippen LogP contribution is -2.25. The van der Waals surface area contributed by atoms with Crippen LogP contribution in [0.25, 0.3) is 90.9 Å². The molecule has 1 saturated heterocycles. The van der Waals surface area contributed by atoms with Gasteiger partial charge in [-0.1, -0.05) is 102 Å². The largest absolute Gasteiger partial charge is 0.491 e. The van der Waals surface area contributed by atoms with Gasteiger partial charge < -0.3 is 24.2 Å². The van der Waals surface area contributed by atoms with Crippen LogP contribution in [0.2, 0.25) is 0 Å². The molecule has 1 unspecified atom stereocenters. The second-order valence-corrected chi connectivity index (χ2v) is 16.4. The summed E-state index contributed by atoms with van der Waals surface area (Å²) in [6.07, 6.45) is 8.42. The van der Waals surface area contributed by atoms with Gasteiger partial charge in [-0.05, 0) is 118 Å². The lowest BCUT2D eigenvalue weighted by atomic mass is 10.0. The van der Waals surface area contributed by atoms with Crippen molar-refractivity contribution in [3.63, 3.8) is 0 Å². The van der Waals surface area contributed by atoms with Crippen molar-refractivity contribution in [2.75, 3.05) is 13.2 Å². The summed E-state index contributed by atoms with van der Waals surface area (Å²) in [6.45, 7) is 11.1. The molecule has 3 aliphatic heterocycles. The van der Waals surface area contributed by atoms with Crippen LogP contribution in [0, 0.1) is 20.8 Å². The highest BCUT2D eigenvalue weighted by Gasteiger charge is 2.33. The quantitative estimate of drug-likeness (QED) is 0.168. The Bertz CT molecular complexity index is 2940. The van der Waals surface area contributed by atoms with Crippen LogP contribution < -0.4 is 4.74 Å². The number of hydrogen-bond donors (Lipinski definition) is 2. The second kappa shape index (κ2) is 15.1. The van der Waals surface area contributed by atoms with Gasteiger partial charge in [0.25, 0.3) is 0 Å². The summed E-state index contributed by atoms with van der Waals surface area (Å²) in [4.78, 5) is 18.6. The lowest BCUT2D eigenvalue weighted by molar-refractivity contribution is -0.141. The van der Waals surface area contributed by atoms with Gasteiger partial charge in [-0.15, -0.1) is 0 Å². The van der Waals surface area contributed by atoms with Gasteiger partial charge in [0.15, 0.2) is 5.79 Å². The lowest BCUT2D eigenvalue weighted by Gasteiger charge is -2.17. The third-order valence-corrected chi connectivity index (χ3v) is 11.4. The first-order chi connectivity index (χ1) is 29.1. The maximum absolute atomic E-state index is 6.20. The number of benzene rings is 4. The topological polar surface area (TPSA) is 85.1 Å². The predicted molar refractivity (Wildman–Crippen MR) is 245 cm³/mol. The van der Waals surface area contributed by atoms with E-state index in [1.807, 2.05) is 26.0 Å². The monoisotopic (exact) mass is 786 g/mol. The summed E-state index contributed by atoms with van der Waals surface area (Å²) < 4.78 is 17.9. The molecule has 8 bridgehead atoms. The van der Waals surface area contributed by atoms with Gasteiger partial charge in [-0.25, -0.2) is 9.97 Å². The average molecular weight is 787 g/mol. The van der Waals surface area contributed by atoms with Crippen molar-refractivity contribution in [3.8, 4) is 50.3 Å². The van der Waals surface area contributed by atoms with E-state index in [2.05, 4.69) is 164 Å². The molecular formula is C53H46N4O3. The first-order valence-electron chi connectivity index (χ1n) is 20.6. The highest BCUT2D eigenvalue weighted by Crippen LogP contribution is 2.39. The van der Waals surface area contributed by atoms with Crippen LogP contribution >= 0.6 is 0 Å². The molecule has 1 fully saturated rings. The molecular weight excluding hydrogens is 741 g/mol. The van der Waals surface area contributed by atoms with Crippen LogP contribution in [0.15, 0.2) is 121 Å². The Morgan fingerprint density at radius 3 is 1.15 bits per heavy atom. The minimum Gasteiger partial charge on any atom is -0.491 e. The number of fused-ring (bicyclic) bond motifs is 8. The highest BCUT2D eigenvalue weighted by molar-refractivity contribution is 5.99. The molecule has 0 saturated carbocycles. The van der Waals surface area contributed by atoms with Gasteiger partial charge in [0.1, 0.15) is 18.5 Å². The SMILES string of the molecule is Cc1ccc(-c2c3nc(c(-c4ccc(C)cc4)c4ccc([nH]4)c(-c4ccc(OCC5COC(C)(C)O5)cc4)c4nc(c(-c5ccc(C)cc5)c5ccc2[nH]5)C=C4)C=C3)cc1. The van der Waals surface area contributed by atoms with Crippen LogP contribution in [-0.2, 0) is 9.47 Å². The van der Waals surface area contributed by atoms with E-state index in [0.29, 0.717) is 13.2 Å². The average Bonchev–Trinajstić information content (AvgIpc) is 4.11. The molecule has 0 radical (unpaired) electrons. The normalized spacial score (nSPS) is 15.4. The second-order valence-electron chi connectivity index (χ2n) is 16.4. The van der Waals surface area contributed by atoms with Crippen molar-refractivity contribution in [2.24, 2.45) is 0 Å². The molecule has 7 heteroatoms. The number of nitrogens with zero attached hydrogens (tertiary/aromatic N) is 2. The summed E-state index contributed by atoms with van der Waals surface area (Å²) >= 11 is 0. The zero-order valence-electron chi connectivity index (χ0n) is 34.5. The van der Waals surface area contributed by atoms with E-state index in [-0.39, 0.29) is 6.10 Å². The minimum atomic E-state index is -0.598. The zero-order valence-corrected chi connectivity index (χ0v) is 34.5. The fourth-order valence-corrected chi connectivity index (χ4v) is 8.33. The summed E-state index contributed by atoms with van der Waals surface area (Å²) in [6, 6.07) is 42.9. The van der Waals surface area contributed by atoms with Crippen molar-refractivity contribution in [1.82, 2.24) is 19.9 Å². The Balaban J connectivity index is 1.24. The number of rotatable bonds is 7. The van der Waals surface area contributed by atoms with Crippen LogP contribution in [0.5, 0.6) is 5.75 Å². The Morgan fingerprint density at radius 2 is 0.833 bits per heavy atom.